The highest BCUT2D eigenvalue weighted by atomic mass is 19.1. The van der Waals surface area contributed by atoms with Gasteiger partial charge in [0.15, 0.2) is 0 Å². The number of methoxy groups -OCH3 is 1. The Hall–Kier alpha value is -1.83. The molecule has 0 spiro atoms. The van der Waals surface area contributed by atoms with Gasteiger partial charge in [-0.1, -0.05) is 24.3 Å². The third kappa shape index (κ3) is 1.78. The molecule has 0 heterocycles. The first kappa shape index (κ1) is 11.3. The summed E-state index contributed by atoms with van der Waals surface area (Å²) >= 11 is 0. The molecule has 0 radical (unpaired) electrons. The summed E-state index contributed by atoms with van der Waals surface area (Å²) in [6.07, 6.45) is 2.17. The average Bonchev–Trinajstić information content (AvgIpc) is 3.20. The molecule has 1 saturated carbocycles. The van der Waals surface area contributed by atoms with Crippen molar-refractivity contribution in [1.82, 2.24) is 0 Å². The summed E-state index contributed by atoms with van der Waals surface area (Å²) in [5.41, 5.74) is 2.34. The molecule has 2 heteroatoms. The number of benzene rings is 2. The molecule has 0 unspecified atom stereocenters. The Kier molecular flexibility index (Phi) is 2.58. The van der Waals surface area contributed by atoms with E-state index in [0.29, 0.717) is 0 Å². The lowest BCUT2D eigenvalue weighted by atomic mass is 9.88. The maximum Gasteiger partial charge on any atom is 0.123 e. The van der Waals surface area contributed by atoms with Gasteiger partial charge in [0.05, 0.1) is 7.11 Å². The van der Waals surface area contributed by atoms with Gasteiger partial charge in [-0.2, -0.15) is 0 Å². The highest BCUT2D eigenvalue weighted by molar-refractivity contribution is 5.46. The first-order valence-electron chi connectivity index (χ1n) is 6.15. The van der Waals surface area contributed by atoms with E-state index in [1.807, 2.05) is 18.2 Å². The molecular weight excluding hydrogens is 227 g/mol. The normalized spacial score (nSPS) is 16.3. The van der Waals surface area contributed by atoms with Crippen LogP contribution in [0.3, 0.4) is 0 Å². The molecule has 0 aromatic heterocycles. The minimum atomic E-state index is -0.160. The maximum atomic E-state index is 13.3. The van der Waals surface area contributed by atoms with Crippen LogP contribution in [-0.2, 0) is 5.41 Å². The number of ether oxygens (including phenoxy) is 1. The molecule has 0 atom stereocenters. The zero-order chi connectivity index (χ0) is 12.6. The Bertz CT molecular complexity index is 556. The summed E-state index contributed by atoms with van der Waals surface area (Å²) in [5.74, 6) is 0.695. The smallest absolute Gasteiger partial charge is 0.123 e. The topological polar surface area (TPSA) is 9.23 Å². The molecule has 0 saturated heterocycles. The van der Waals surface area contributed by atoms with E-state index >= 15 is 0 Å². The van der Waals surface area contributed by atoms with Crippen molar-refractivity contribution in [3.63, 3.8) is 0 Å². The van der Waals surface area contributed by atoms with Gasteiger partial charge >= 0.3 is 0 Å². The molecule has 1 nitrogen and oxygen atoms in total. The lowest BCUT2D eigenvalue weighted by Gasteiger charge is -2.16. The van der Waals surface area contributed by atoms with Crippen molar-refractivity contribution in [3.8, 4) is 5.75 Å². The van der Waals surface area contributed by atoms with Crippen LogP contribution >= 0.6 is 0 Å². The Labute approximate surface area is 106 Å². The van der Waals surface area contributed by atoms with E-state index in [4.69, 9.17) is 4.74 Å². The number of rotatable bonds is 3. The van der Waals surface area contributed by atoms with Crippen molar-refractivity contribution in [1.29, 1.82) is 0 Å². The Morgan fingerprint density at radius 1 is 1.00 bits per heavy atom. The van der Waals surface area contributed by atoms with Gasteiger partial charge in [-0.15, -0.1) is 0 Å². The van der Waals surface area contributed by atoms with E-state index in [9.17, 15) is 4.39 Å². The molecule has 18 heavy (non-hydrogen) atoms. The van der Waals surface area contributed by atoms with Crippen molar-refractivity contribution >= 4 is 0 Å². The fourth-order valence-electron chi connectivity index (χ4n) is 2.57. The summed E-state index contributed by atoms with van der Waals surface area (Å²) in [4.78, 5) is 0. The van der Waals surface area contributed by atoms with Crippen molar-refractivity contribution < 1.29 is 9.13 Å². The van der Waals surface area contributed by atoms with Gasteiger partial charge < -0.3 is 4.74 Å². The summed E-state index contributed by atoms with van der Waals surface area (Å²) < 4.78 is 18.5. The number of halogens is 1. The zero-order valence-electron chi connectivity index (χ0n) is 10.3. The molecule has 0 amide bonds. The van der Waals surface area contributed by atoms with E-state index in [1.54, 1.807) is 19.2 Å². The van der Waals surface area contributed by atoms with Crippen molar-refractivity contribution in [2.24, 2.45) is 0 Å². The number of hydrogen-bond donors (Lipinski definition) is 0. The molecular formula is C16H15FO. The summed E-state index contributed by atoms with van der Waals surface area (Å²) in [6.45, 7) is 0. The van der Waals surface area contributed by atoms with Crippen LogP contribution < -0.4 is 4.74 Å². The Balaban J connectivity index is 1.99. The van der Waals surface area contributed by atoms with Gasteiger partial charge in [-0.05, 0) is 48.2 Å². The van der Waals surface area contributed by atoms with Gasteiger partial charge in [0.1, 0.15) is 11.6 Å². The van der Waals surface area contributed by atoms with Gasteiger partial charge in [0.2, 0.25) is 0 Å². The van der Waals surface area contributed by atoms with Crippen LogP contribution in [0.25, 0.3) is 0 Å². The first-order valence-corrected chi connectivity index (χ1v) is 6.15. The minimum absolute atomic E-state index is 0.0222. The van der Waals surface area contributed by atoms with E-state index < -0.39 is 0 Å². The van der Waals surface area contributed by atoms with Crippen molar-refractivity contribution in [3.05, 3.63) is 65.5 Å². The lowest BCUT2D eigenvalue weighted by molar-refractivity contribution is 0.414. The highest BCUT2D eigenvalue weighted by Crippen LogP contribution is 2.53. The van der Waals surface area contributed by atoms with E-state index in [2.05, 4.69) is 12.1 Å². The molecule has 0 N–H and O–H groups in total. The van der Waals surface area contributed by atoms with Crippen LogP contribution in [0.4, 0.5) is 4.39 Å². The third-order valence-corrected chi connectivity index (χ3v) is 3.77. The summed E-state index contributed by atoms with van der Waals surface area (Å²) in [5, 5.41) is 0. The fourth-order valence-corrected chi connectivity index (χ4v) is 2.57. The Morgan fingerprint density at radius 2 is 1.72 bits per heavy atom. The van der Waals surface area contributed by atoms with Crippen molar-refractivity contribution in [2.75, 3.05) is 7.11 Å². The number of hydrogen-bond acceptors (Lipinski definition) is 1. The van der Waals surface area contributed by atoms with Crippen LogP contribution in [0.1, 0.15) is 24.0 Å². The zero-order valence-corrected chi connectivity index (χ0v) is 10.3. The molecule has 0 aliphatic heterocycles. The molecule has 1 aliphatic carbocycles. The monoisotopic (exact) mass is 242 g/mol. The molecule has 3 rings (SSSR count). The summed E-state index contributed by atoms with van der Waals surface area (Å²) in [6, 6.07) is 15.0. The van der Waals surface area contributed by atoms with E-state index in [1.165, 1.54) is 11.6 Å². The van der Waals surface area contributed by atoms with Gasteiger partial charge in [0.25, 0.3) is 0 Å². The Morgan fingerprint density at radius 3 is 2.28 bits per heavy atom. The van der Waals surface area contributed by atoms with Crippen LogP contribution in [0.2, 0.25) is 0 Å². The van der Waals surface area contributed by atoms with E-state index in [-0.39, 0.29) is 11.2 Å². The van der Waals surface area contributed by atoms with Crippen LogP contribution in [0.15, 0.2) is 48.5 Å². The minimum Gasteiger partial charge on any atom is -0.497 e. The molecule has 2 aromatic carbocycles. The average molecular weight is 242 g/mol. The highest BCUT2D eigenvalue weighted by Gasteiger charge is 2.45. The van der Waals surface area contributed by atoms with Gasteiger partial charge in [-0.3, -0.25) is 0 Å². The van der Waals surface area contributed by atoms with Crippen LogP contribution in [0.5, 0.6) is 5.75 Å². The SMILES string of the molecule is COc1ccc(C2(c3cccc(F)c3)CC2)cc1. The molecule has 92 valence electrons. The van der Waals surface area contributed by atoms with E-state index in [0.717, 1.165) is 24.2 Å². The molecule has 1 aliphatic rings. The predicted molar refractivity (Wildman–Crippen MR) is 69.4 cm³/mol. The molecule has 1 fully saturated rings. The standard InChI is InChI=1S/C16H15FO/c1-18-15-7-5-12(6-8-15)16(9-10-16)13-3-2-4-14(17)11-13/h2-8,11H,9-10H2,1H3. The predicted octanol–water partition coefficient (Wildman–Crippen LogP) is 3.91. The molecule has 2 aromatic rings. The first-order chi connectivity index (χ1) is 8.74. The quantitative estimate of drug-likeness (QED) is 0.792. The third-order valence-electron chi connectivity index (χ3n) is 3.77. The second-order valence-electron chi connectivity index (χ2n) is 4.82. The van der Waals surface area contributed by atoms with Crippen molar-refractivity contribution in [2.45, 2.75) is 18.3 Å². The van der Waals surface area contributed by atoms with Gasteiger partial charge in [-0.25, -0.2) is 4.39 Å². The maximum absolute atomic E-state index is 13.3. The lowest BCUT2D eigenvalue weighted by Crippen LogP contribution is -2.08. The second kappa shape index (κ2) is 4.13. The largest absolute Gasteiger partial charge is 0.497 e. The van der Waals surface area contributed by atoms with Crippen LogP contribution in [0, 0.1) is 5.82 Å². The second-order valence-corrected chi connectivity index (χ2v) is 4.82. The summed E-state index contributed by atoms with van der Waals surface area (Å²) in [7, 11) is 1.66. The van der Waals surface area contributed by atoms with Crippen LogP contribution in [-0.4, -0.2) is 7.11 Å². The fraction of sp³-hybridized carbons (Fsp3) is 0.250. The molecule has 0 bridgehead atoms. The van der Waals surface area contributed by atoms with Gasteiger partial charge in [0, 0.05) is 5.41 Å².